The topological polar surface area (TPSA) is 79.2 Å². The molecule has 0 fully saturated rings. The van der Waals surface area contributed by atoms with E-state index in [4.69, 9.17) is 0 Å². The third kappa shape index (κ3) is 4.05. The Labute approximate surface area is 128 Å². The van der Waals surface area contributed by atoms with Gasteiger partial charge in [-0.1, -0.05) is 12.1 Å². The largest absolute Gasteiger partial charge is 0.387 e. The molecule has 0 saturated heterocycles. The van der Waals surface area contributed by atoms with Gasteiger partial charge in [0.25, 0.3) is 0 Å². The Morgan fingerprint density at radius 1 is 1.32 bits per heavy atom. The Morgan fingerprint density at radius 2 is 2.00 bits per heavy atom. The van der Waals surface area contributed by atoms with Crippen LogP contribution >= 0.6 is 0 Å². The molecule has 0 aliphatic rings. The highest BCUT2D eigenvalue weighted by Crippen LogP contribution is 2.14. The van der Waals surface area contributed by atoms with Gasteiger partial charge in [-0.2, -0.15) is 5.10 Å². The Hall–Kier alpha value is -2.41. The number of aromatic nitrogens is 2. The summed E-state index contributed by atoms with van der Waals surface area (Å²) in [6.07, 6.45) is 0.699. The van der Waals surface area contributed by atoms with Crippen molar-refractivity contribution in [2.75, 3.05) is 11.9 Å². The number of amides is 2. The van der Waals surface area contributed by atoms with E-state index in [0.29, 0.717) is 11.4 Å². The minimum absolute atomic E-state index is 0.0211. The highest BCUT2D eigenvalue weighted by Gasteiger charge is 2.12. The molecule has 1 atom stereocenters. The molecule has 0 bridgehead atoms. The van der Waals surface area contributed by atoms with Gasteiger partial charge in [0, 0.05) is 18.7 Å². The van der Waals surface area contributed by atoms with Crippen molar-refractivity contribution >= 4 is 11.8 Å². The van der Waals surface area contributed by atoms with E-state index in [-0.39, 0.29) is 18.4 Å². The van der Waals surface area contributed by atoms with Gasteiger partial charge >= 0.3 is 6.03 Å². The lowest BCUT2D eigenvalue weighted by Crippen LogP contribution is -2.33. The molecule has 0 aliphatic carbocycles. The lowest BCUT2D eigenvalue weighted by Gasteiger charge is -2.14. The van der Waals surface area contributed by atoms with Crippen molar-refractivity contribution < 1.29 is 14.3 Å². The number of halogens is 1. The van der Waals surface area contributed by atoms with Crippen LogP contribution in [0.1, 0.15) is 31.6 Å². The molecule has 2 amide bonds. The summed E-state index contributed by atoms with van der Waals surface area (Å²) in [7, 11) is 0. The molecule has 22 heavy (non-hydrogen) atoms. The van der Waals surface area contributed by atoms with E-state index in [2.05, 4.69) is 15.7 Å². The summed E-state index contributed by atoms with van der Waals surface area (Å²) < 4.78 is 14.5. The van der Waals surface area contributed by atoms with Crippen molar-refractivity contribution in [2.24, 2.45) is 0 Å². The summed E-state index contributed by atoms with van der Waals surface area (Å²) in [5.74, 6) is 0.201. The van der Waals surface area contributed by atoms with Crippen LogP contribution in [0.4, 0.5) is 15.0 Å². The molecular weight excluding hydrogens is 287 g/mol. The van der Waals surface area contributed by atoms with Gasteiger partial charge in [0.2, 0.25) is 0 Å². The SMILES string of the molecule is CC(C)n1nccc1NC(=O)NCC(O)c1ccc(F)cc1. The summed E-state index contributed by atoms with van der Waals surface area (Å²) >= 11 is 0. The van der Waals surface area contributed by atoms with Crippen molar-refractivity contribution in [3.63, 3.8) is 0 Å². The fourth-order valence-corrected chi connectivity index (χ4v) is 1.98. The van der Waals surface area contributed by atoms with Crippen LogP contribution in [0.15, 0.2) is 36.5 Å². The predicted molar refractivity (Wildman–Crippen MR) is 81.0 cm³/mol. The van der Waals surface area contributed by atoms with Crippen molar-refractivity contribution in [2.45, 2.75) is 26.0 Å². The number of rotatable bonds is 5. The number of aliphatic hydroxyl groups excluding tert-OH is 1. The van der Waals surface area contributed by atoms with Gasteiger partial charge in [-0.3, -0.25) is 5.32 Å². The number of hydrogen-bond acceptors (Lipinski definition) is 3. The van der Waals surface area contributed by atoms with Gasteiger partial charge in [-0.15, -0.1) is 0 Å². The third-order valence-corrected chi connectivity index (χ3v) is 3.11. The molecule has 3 N–H and O–H groups in total. The maximum Gasteiger partial charge on any atom is 0.320 e. The van der Waals surface area contributed by atoms with Gasteiger partial charge in [0.05, 0.1) is 12.3 Å². The minimum Gasteiger partial charge on any atom is -0.387 e. The van der Waals surface area contributed by atoms with Crippen LogP contribution in [0.3, 0.4) is 0 Å². The Morgan fingerprint density at radius 3 is 2.64 bits per heavy atom. The van der Waals surface area contributed by atoms with Crippen LogP contribution in [0.5, 0.6) is 0 Å². The number of aliphatic hydroxyl groups is 1. The van der Waals surface area contributed by atoms with Crippen LogP contribution in [-0.4, -0.2) is 27.5 Å². The molecule has 2 rings (SSSR count). The number of nitrogens with one attached hydrogen (secondary N) is 2. The highest BCUT2D eigenvalue weighted by atomic mass is 19.1. The molecule has 1 aromatic carbocycles. The van der Waals surface area contributed by atoms with Gasteiger partial charge in [0.1, 0.15) is 11.6 Å². The first kappa shape index (κ1) is 16.0. The molecule has 1 unspecified atom stereocenters. The lowest BCUT2D eigenvalue weighted by atomic mass is 10.1. The fourth-order valence-electron chi connectivity index (χ4n) is 1.98. The van der Waals surface area contributed by atoms with Gasteiger partial charge < -0.3 is 10.4 Å². The average molecular weight is 306 g/mol. The van der Waals surface area contributed by atoms with Crippen LogP contribution in [0.2, 0.25) is 0 Å². The summed E-state index contributed by atoms with van der Waals surface area (Å²) in [5.41, 5.74) is 0.536. The second-order valence-corrected chi connectivity index (χ2v) is 5.16. The highest BCUT2D eigenvalue weighted by molar-refractivity contribution is 5.88. The molecule has 1 aromatic heterocycles. The first-order valence-corrected chi connectivity index (χ1v) is 6.99. The van der Waals surface area contributed by atoms with Crippen LogP contribution < -0.4 is 10.6 Å². The fraction of sp³-hybridized carbons (Fsp3) is 0.333. The standard InChI is InChI=1S/C15H19FN4O2/c1-10(2)20-14(7-8-18-20)19-15(22)17-9-13(21)11-3-5-12(16)6-4-11/h3-8,10,13,21H,9H2,1-2H3,(H2,17,19,22). The van der Waals surface area contributed by atoms with Crippen molar-refractivity contribution in [3.8, 4) is 0 Å². The number of carbonyl (C=O) groups is 1. The molecule has 6 nitrogen and oxygen atoms in total. The summed E-state index contributed by atoms with van der Waals surface area (Å²) in [6, 6.07) is 6.86. The van der Waals surface area contributed by atoms with E-state index >= 15 is 0 Å². The zero-order valence-corrected chi connectivity index (χ0v) is 12.5. The minimum atomic E-state index is -0.902. The van der Waals surface area contributed by atoms with Crippen molar-refractivity contribution in [1.29, 1.82) is 0 Å². The summed E-state index contributed by atoms with van der Waals surface area (Å²) in [5, 5.41) is 19.3. The Kier molecular flexibility index (Phi) is 5.11. The molecule has 0 spiro atoms. The number of carbonyl (C=O) groups excluding carboxylic acids is 1. The zero-order valence-electron chi connectivity index (χ0n) is 12.5. The van der Waals surface area contributed by atoms with Crippen LogP contribution in [0, 0.1) is 5.82 Å². The third-order valence-electron chi connectivity index (χ3n) is 3.11. The molecule has 2 aromatic rings. The molecule has 0 saturated carbocycles. The van der Waals surface area contributed by atoms with Gasteiger partial charge in [-0.05, 0) is 31.5 Å². The smallest absolute Gasteiger partial charge is 0.320 e. The van der Waals surface area contributed by atoms with Crippen molar-refractivity contribution in [3.05, 3.63) is 47.9 Å². The average Bonchev–Trinajstić information content (AvgIpc) is 2.94. The predicted octanol–water partition coefficient (Wildman–Crippen LogP) is 2.46. The maximum absolute atomic E-state index is 12.8. The molecule has 7 heteroatoms. The second-order valence-electron chi connectivity index (χ2n) is 5.16. The maximum atomic E-state index is 12.8. The monoisotopic (exact) mass is 306 g/mol. The lowest BCUT2D eigenvalue weighted by molar-refractivity contribution is 0.175. The number of anilines is 1. The van der Waals surface area contributed by atoms with Crippen LogP contribution in [-0.2, 0) is 0 Å². The van der Waals surface area contributed by atoms with Gasteiger partial charge in [0.15, 0.2) is 0 Å². The van der Waals surface area contributed by atoms with Crippen LogP contribution in [0.25, 0.3) is 0 Å². The molecular formula is C15H19FN4O2. The van der Waals surface area contributed by atoms with E-state index in [9.17, 15) is 14.3 Å². The van der Waals surface area contributed by atoms with Crippen molar-refractivity contribution in [1.82, 2.24) is 15.1 Å². The number of benzene rings is 1. The quantitative estimate of drug-likeness (QED) is 0.794. The first-order chi connectivity index (χ1) is 10.5. The summed E-state index contributed by atoms with van der Waals surface area (Å²) in [4.78, 5) is 11.8. The molecule has 0 aliphatic heterocycles. The molecule has 1 heterocycles. The van der Waals surface area contributed by atoms with E-state index in [1.807, 2.05) is 13.8 Å². The van der Waals surface area contributed by atoms with Gasteiger partial charge in [-0.25, -0.2) is 13.9 Å². The number of nitrogens with zero attached hydrogens (tertiary/aromatic N) is 2. The second kappa shape index (κ2) is 7.04. The van der Waals surface area contributed by atoms with E-state index in [0.717, 1.165) is 0 Å². The number of hydrogen-bond donors (Lipinski definition) is 3. The van der Waals surface area contributed by atoms with E-state index < -0.39 is 12.1 Å². The summed E-state index contributed by atoms with van der Waals surface area (Å²) in [6.45, 7) is 3.93. The Balaban J connectivity index is 1.87. The van der Waals surface area contributed by atoms with E-state index in [1.165, 1.54) is 24.3 Å². The molecule has 118 valence electrons. The Bertz CT molecular complexity index is 625. The normalized spacial score (nSPS) is 12.2. The first-order valence-electron chi connectivity index (χ1n) is 6.99. The van der Waals surface area contributed by atoms with E-state index in [1.54, 1.807) is 16.9 Å². The number of urea groups is 1. The molecule has 0 radical (unpaired) electrons. The zero-order chi connectivity index (χ0) is 16.1.